The summed E-state index contributed by atoms with van der Waals surface area (Å²) in [7, 11) is 16.9. The molecule has 57 heavy (non-hydrogen) atoms. The lowest BCUT2D eigenvalue weighted by Crippen LogP contribution is -2.64. The first-order valence-corrected chi connectivity index (χ1v) is 18.9. The zero-order valence-corrected chi connectivity index (χ0v) is 34.7. The fraction of sp³-hybridized carbons (Fsp3) is 1.00. The molecule has 0 saturated carbocycles. The summed E-state index contributed by atoms with van der Waals surface area (Å²) in [6.45, 7) is 0.439. The Hall–Kier alpha value is -0.840. The number of ether oxygens (including phenoxy) is 20. The van der Waals surface area contributed by atoms with Crippen molar-refractivity contribution in [3.05, 3.63) is 0 Å². The highest BCUT2D eigenvalue weighted by atomic mass is 16.8. The second-order valence-corrected chi connectivity index (χ2v) is 14.0. The third kappa shape index (κ3) is 10.4. The van der Waals surface area contributed by atoms with Gasteiger partial charge in [0.05, 0.1) is 33.0 Å². The number of hydrogen-bond donors (Lipinski definition) is 1. The van der Waals surface area contributed by atoms with Crippen LogP contribution in [0.2, 0.25) is 0 Å². The largest absolute Gasteiger partial charge is 0.376 e. The van der Waals surface area contributed by atoms with E-state index in [1.54, 1.807) is 35.5 Å². The van der Waals surface area contributed by atoms with Gasteiger partial charge in [0.15, 0.2) is 31.5 Å². The van der Waals surface area contributed by atoms with Crippen molar-refractivity contribution in [1.29, 1.82) is 0 Å². The Kier molecular flexibility index (Phi) is 18.9. The minimum Gasteiger partial charge on any atom is -0.376 e. The van der Waals surface area contributed by atoms with Crippen molar-refractivity contribution in [3.8, 4) is 0 Å². The molecule has 0 bridgehead atoms. The topological polar surface area (TPSA) is 205 Å². The lowest BCUT2D eigenvalue weighted by molar-refractivity contribution is -0.369. The first kappa shape index (κ1) is 47.2. The molecule has 5 rings (SSSR count). The monoisotopic (exact) mass is 832 g/mol. The molecule has 1 N–H and O–H groups in total. The van der Waals surface area contributed by atoms with Gasteiger partial charge in [0.2, 0.25) is 0 Å². The van der Waals surface area contributed by atoms with Crippen LogP contribution in [0.15, 0.2) is 0 Å². The highest BCUT2D eigenvalue weighted by Crippen LogP contribution is 2.34. The molecule has 0 amide bonds. The van der Waals surface area contributed by atoms with E-state index < -0.39 is 117 Å². The predicted octanol–water partition coefficient (Wildman–Crippen LogP) is -1.53. The lowest BCUT2D eigenvalue weighted by Gasteiger charge is -2.48. The summed E-state index contributed by atoms with van der Waals surface area (Å²) in [4.78, 5) is 0. The molecule has 20 atom stereocenters. The number of methoxy groups -OCH3 is 11. The molecule has 0 unspecified atom stereocenters. The highest BCUT2D eigenvalue weighted by Gasteiger charge is 2.53. The van der Waals surface area contributed by atoms with Crippen LogP contribution in [0.3, 0.4) is 0 Å². The van der Waals surface area contributed by atoms with E-state index in [1.165, 1.54) is 42.7 Å². The third-order valence-electron chi connectivity index (χ3n) is 11.2. The van der Waals surface area contributed by atoms with Crippen molar-refractivity contribution in [2.24, 2.45) is 0 Å². The van der Waals surface area contributed by atoms with Crippen LogP contribution in [0.25, 0.3) is 0 Å². The fourth-order valence-electron chi connectivity index (χ4n) is 8.23. The Labute approximate surface area is 334 Å². The van der Waals surface area contributed by atoms with E-state index in [1.807, 2.05) is 0 Å². The van der Waals surface area contributed by atoms with Crippen molar-refractivity contribution < 1.29 is 99.8 Å². The zero-order valence-electron chi connectivity index (χ0n) is 34.7. The van der Waals surface area contributed by atoms with Crippen LogP contribution in [0.5, 0.6) is 0 Å². The maximum absolute atomic E-state index is 10.2. The van der Waals surface area contributed by atoms with Gasteiger partial charge < -0.3 is 99.8 Å². The van der Waals surface area contributed by atoms with Gasteiger partial charge in [0, 0.05) is 78.2 Å². The maximum Gasteiger partial charge on any atom is 0.187 e. The molecule has 334 valence electrons. The Morgan fingerprint density at radius 3 is 0.772 bits per heavy atom. The standard InChI is InChI=1S/C36H64O21/c1-38-17-12-50-33(28(45-8)22(17)39-2)55-19-14-52-35(30(47-10)24(19)41-4)57-21-16-53-36(31(48-11)26(21)43-6)56-20-15-51-34(29(46-9)25(20)42-5)54-18-13-49-32(37)27(44-7)23(18)40-3/h17-37H,12-16H2,1-11H3/t17-,18-,19-,20-,21-,22+,23+,24+,25+,26+,27-,28-,29-,30-,31-,32-,33+,34+,35+,36+/m1/s1. The average molecular weight is 833 g/mol. The smallest absolute Gasteiger partial charge is 0.187 e. The molecule has 5 aliphatic heterocycles. The number of aliphatic hydroxyl groups is 1. The highest BCUT2D eigenvalue weighted by molar-refractivity contribution is 4.95. The Morgan fingerprint density at radius 2 is 0.509 bits per heavy atom. The lowest BCUT2D eigenvalue weighted by atomic mass is 10.0. The van der Waals surface area contributed by atoms with E-state index in [0.717, 1.165) is 0 Å². The van der Waals surface area contributed by atoms with Gasteiger partial charge in [-0.2, -0.15) is 0 Å². The number of aliphatic hydroxyl groups excluding tert-OH is 1. The van der Waals surface area contributed by atoms with Crippen molar-refractivity contribution in [3.63, 3.8) is 0 Å². The minimum absolute atomic E-state index is 0.0349. The van der Waals surface area contributed by atoms with Crippen LogP contribution in [-0.4, -0.2) is 239 Å². The van der Waals surface area contributed by atoms with Gasteiger partial charge in [-0.3, -0.25) is 0 Å². The molecule has 0 radical (unpaired) electrons. The van der Waals surface area contributed by atoms with Gasteiger partial charge in [-0.1, -0.05) is 0 Å². The van der Waals surface area contributed by atoms with E-state index >= 15 is 0 Å². The summed E-state index contributed by atoms with van der Waals surface area (Å²) in [5, 5.41) is 10.2. The van der Waals surface area contributed by atoms with E-state index in [0.29, 0.717) is 0 Å². The molecular formula is C36H64O21. The van der Waals surface area contributed by atoms with Crippen LogP contribution in [0.1, 0.15) is 0 Å². The van der Waals surface area contributed by atoms with Gasteiger partial charge in [-0.15, -0.1) is 0 Å². The number of hydrogen-bond acceptors (Lipinski definition) is 21. The Balaban J connectivity index is 1.20. The second-order valence-electron chi connectivity index (χ2n) is 14.0. The van der Waals surface area contributed by atoms with Crippen LogP contribution in [0.4, 0.5) is 0 Å². The molecule has 5 saturated heterocycles. The van der Waals surface area contributed by atoms with Crippen molar-refractivity contribution >= 4 is 0 Å². The van der Waals surface area contributed by atoms with E-state index in [9.17, 15) is 5.11 Å². The molecular weight excluding hydrogens is 768 g/mol. The van der Waals surface area contributed by atoms with Crippen molar-refractivity contribution in [2.75, 3.05) is 111 Å². The summed E-state index contributed by atoms with van der Waals surface area (Å²) >= 11 is 0. The Morgan fingerprint density at radius 1 is 0.281 bits per heavy atom. The van der Waals surface area contributed by atoms with Gasteiger partial charge >= 0.3 is 0 Å². The minimum atomic E-state index is -1.17. The van der Waals surface area contributed by atoms with Crippen molar-refractivity contribution in [2.45, 2.75) is 123 Å². The second kappa shape index (κ2) is 22.8. The van der Waals surface area contributed by atoms with Gasteiger partial charge in [-0.05, 0) is 0 Å². The summed E-state index contributed by atoms with van der Waals surface area (Å²) in [5.74, 6) is 0. The van der Waals surface area contributed by atoms with Crippen LogP contribution in [-0.2, 0) is 94.7 Å². The van der Waals surface area contributed by atoms with E-state index in [2.05, 4.69) is 0 Å². The molecule has 0 spiro atoms. The van der Waals surface area contributed by atoms with Gasteiger partial charge in [0.1, 0.15) is 91.6 Å². The molecule has 0 aromatic rings. The summed E-state index contributed by atoms with van der Waals surface area (Å²) < 4.78 is 119. The van der Waals surface area contributed by atoms with E-state index in [-0.39, 0.29) is 39.1 Å². The average Bonchev–Trinajstić information content (AvgIpc) is 3.24. The van der Waals surface area contributed by atoms with Gasteiger partial charge in [-0.25, -0.2) is 0 Å². The SMILES string of the molecule is CO[C@@H]1[C@@H](OC)[C@H](O[C@@H]2OC[C@@H](O[C@@H]3OC[C@@H](O[C@@H]4OC[C@@H](O[C@@H]5OC[C@@H](OC)[C@H](OC)[C@H]5OC)[C@H](OC)[C@H]4OC)[C@H](OC)[C@H]3OC)[C@H](OC)[C@H]2OC)CO[C@H]1O. The molecule has 5 fully saturated rings. The molecule has 21 heteroatoms. The molecule has 5 heterocycles. The van der Waals surface area contributed by atoms with Crippen molar-refractivity contribution in [1.82, 2.24) is 0 Å². The summed E-state index contributed by atoms with van der Waals surface area (Å²) in [5.41, 5.74) is 0. The zero-order chi connectivity index (χ0) is 41.2. The van der Waals surface area contributed by atoms with Crippen LogP contribution < -0.4 is 0 Å². The summed E-state index contributed by atoms with van der Waals surface area (Å²) in [6, 6.07) is 0. The molecule has 0 aromatic carbocycles. The van der Waals surface area contributed by atoms with Crippen LogP contribution >= 0.6 is 0 Å². The molecule has 0 aromatic heterocycles. The fourth-order valence-corrected chi connectivity index (χ4v) is 8.23. The van der Waals surface area contributed by atoms with E-state index in [4.69, 9.17) is 94.7 Å². The first-order chi connectivity index (χ1) is 27.7. The van der Waals surface area contributed by atoms with Crippen LogP contribution in [0, 0.1) is 0 Å². The maximum atomic E-state index is 10.2. The molecule has 0 aliphatic carbocycles. The third-order valence-corrected chi connectivity index (χ3v) is 11.2. The molecule has 5 aliphatic rings. The Bertz CT molecular complexity index is 1140. The number of rotatable bonds is 19. The summed E-state index contributed by atoms with van der Waals surface area (Å²) in [6.07, 6.45) is -14.3. The van der Waals surface area contributed by atoms with Gasteiger partial charge in [0.25, 0.3) is 0 Å². The predicted molar refractivity (Wildman–Crippen MR) is 189 cm³/mol. The first-order valence-electron chi connectivity index (χ1n) is 18.9. The molecule has 21 nitrogen and oxygen atoms in total. The quantitative estimate of drug-likeness (QED) is 0.157. The normalized spacial score (nSPS) is 45.9.